The standard InChI is InChI=1S/C21H18N4O/c1-15-7-6-14-25-20(15)22-19(16-8-4-3-5-9-16)21(25)24-23-17-10-12-18(26-2)13-11-17/h3-14H,1-2H3. The number of imidazole rings is 1. The van der Waals surface area contributed by atoms with Crippen LogP contribution in [-0.2, 0) is 0 Å². The second kappa shape index (κ2) is 6.80. The first-order valence-corrected chi connectivity index (χ1v) is 8.35. The van der Waals surface area contributed by atoms with Crippen molar-refractivity contribution in [2.24, 2.45) is 10.2 Å². The van der Waals surface area contributed by atoms with Crippen LogP contribution in [0.3, 0.4) is 0 Å². The summed E-state index contributed by atoms with van der Waals surface area (Å²) in [5.41, 5.74) is 4.56. The number of rotatable bonds is 4. The zero-order chi connectivity index (χ0) is 17.9. The van der Waals surface area contributed by atoms with Gasteiger partial charge in [-0.25, -0.2) is 4.98 Å². The molecule has 2 aromatic carbocycles. The molecule has 4 aromatic rings. The van der Waals surface area contributed by atoms with Crippen molar-refractivity contribution in [1.29, 1.82) is 0 Å². The third-order valence-electron chi connectivity index (χ3n) is 4.20. The summed E-state index contributed by atoms with van der Waals surface area (Å²) in [4.78, 5) is 4.81. The van der Waals surface area contributed by atoms with Crippen molar-refractivity contribution in [3.63, 3.8) is 0 Å². The minimum Gasteiger partial charge on any atom is -0.497 e. The van der Waals surface area contributed by atoms with Gasteiger partial charge in [0, 0.05) is 11.8 Å². The van der Waals surface area contributed by atoms with Gasteiger partial charge in [-0.05, 0) is 42.8 Å². The van der Waals surface area contributed by atoms with E-state index < -0.39 is 0 Å². The molecule has 0 fully saturated rings. The largest absolute Gasteiger partial charge is 0.497 e. The van der Waals surface area contributed by atoms with Crippen LogP contribution in [0.2, 0.25) is 0 Å². The summed E-state index contributed by atoms with van der Waals surface area (Å²) in [6.07, 6.45) is 1.96. The molecule has 0 N–H and O–H groups in total. The first-order chi connectivity index (χ1) is 12.8. The average molecular weight is 342 g/mol. The van der Waals surface area contributed by atoms with E-state index in [0.29, 0.717) is 5.82 Å². The number of benzene rings is 2. The number of fused-ring (bicyclic) bond motifs is 1. The van der Waals surface area contributed by atoms with Gasteiger partial charge in [-0.2, -0.15) is 0 Å². The maximum atomic E-state index is 5.18. The molecule has 5 heteroatoms. The fraction of sp³-hybridized carbons (Fsp3) is 0.0952. The van der Waals surface area contributed by atoms with Gasteiger partial charge in [0.15, 0.2) is 5.82 Å². The molecule has 0 aliphatic carbocycles. The van der Waals surface area contributed by atoms with Gasteiger partial charge >= 0.3 is 0 Å². The number of hydrogen-bond donors (Lipinski definition) is 0. The fourth-order valence-electron chi connectivity index (χ4n) is 2.83. The van der Waals surface area contributed by atoms with Gasteiger partial charge in [0.1, 0.15) is 17.1 Å². The van der Waals surface area contributed by atoms with Gasteiger partial charge < -0.3 is 4.74 Å². The lowest BCUT2D eigenvalue weighted by Crippen LogP contribution is -1.85. The van der Waals surface area contributed by atoms with Crippen molar-refractivity contribution in [1.82, 2.24) is 9.38 Å². The zero-order valence-electron chi connectivity index (χ0n) is 14.6. The topological polar surface area (TPSA) is 51.2 Å². The highest BCUT2D eigenvalue weighted by Gasteiger charge is 2.14. The molecule has 0 bridgehead atoms. The van der Waals surface area contributed by atoms with E-state index in [9.17, 15) is 0 Å². The molecule has 0 aliphatic heterocycles. The Morgan fingerprint density at radius 2 is 1.65 bits per heavy atom. The third kappa shape index (κ3) is 2.95. The number of aromatic nitrogens is 2. The average Bonchev–Trinajstić information content (AvgIpc) is 3.07. The van der Waals surface area contributed by atoms with Crippen LogP contribution in [0.15, 0.2) is 83.2 Å². The van der Waals surface area contributed by atoms with E-state index in [1.165, 1.54) is 0 Å². The van der Waals surface area contributed by atoms with E-state index in [1.54, 1.807) is 7.11 Å². The highest BCUT2D eigenvalue weighted by Crippen LogP contribution is 2.33. The number of pyridine rings is 1. The molecular weight excluding hydrogens is 324 g/mol. The molecule has 0 amide bonds. The van der Waals surface area contributed by atoms with Crippen LogP contribution in [0.4, 0.5) is 11.5 Å². The van der Waals surface area contributed by atoms with E-state index in [1.807, 2.05) is 84.3 Å². The predicted molar refractivity (Wildman–Crippen MR) is 103 cm³/mol. The maximum Gasteiger partial charge on any atom is 0.187 e. The van der Waals surface area contributed by atoms with Gasteiger partial charge in [0.2, 0.25) is 0 Å². The van der Waals surface area contributed by atoms with Gasteiger partial charge in [0.05, 0.1) is 12.8 Å². The lowest BCUT2D eigenvalue weighted by Gasteiger charge is -2.01. The summed E-state index contributed by atoms with van der Waals surface area (Å²) in [7, 11) is 1.64. The van der Waals surface area contributed by atoms with E-state index in [2.05, 4.69) is 10.2 Å². The number of aryl methyl sites for hydroxylation is 1. The Hall–Kier alpha value is -3.47. The molecule has 0 spiro atoms. The molecule has 2 aromatic heterocycles. The second-order valence-electron chi connectivity index (χ2n) is 5.93. The minimum atomic E-state index is 0.714. The Balaban J connectivity index is 1.84. The van der Waals surface area contributed by atoms with Crippen LogP contribution in [0.25, 0.3) is 16.9 Å². The van der Waals surface area contributed by atoms with Crippen LogP contribution in [0.5, 0.6) is 5.75 Å². The van der Waals surface area contributed by atoms with Crippen molar-refractivity contribution in [2.45, 2.75) is 6.92 Å². The van der Waals surface area contributed by atoms with Crippen molar-refractivity contribution < 1.29 is 4.74 Å². The summed E-state index contributed by atoms with van der Waals surface area (Å²) in [6, 6.07) is 21.6. The fourth-order valence-corrected chi connectivity index (χ4v) is 2.83. The number of hydrogen-bond acceptors (Lipinski definition) is 4. The van der Waals surface area contributed by atoms with E-state index in [4.69, 9.17) is 9.72 Å². The maximum absolute atomic E-state index is 5.18. The van der Waals surface area contributed by atoms with E-state index in [-0.39, 0.29) is 0 Å². The molecule has 0 atom stereocenters. The molecule has 0 saturated heterocycles. The first kappa shape index (κ1) is 16.0. The highest BCUT2D eigenvalue weighted by atomic mass is 16.5. The smallest absolute Gasteiger partial charge is 0.187 e. The molecule has 26 heavy (non-hydrogen) atoms. The number of methoxy groups -OCH3 is 1. The lowest BCUT2D eigenvalue weighted by molar-refractivity contribution is 0.415. The predicted octanol–water partition coefficient (Wildman–Crippen LogP) is 5.73. The lowest BCUT2D eigenvalue weighted by atomic mass is 10.1. The van der Waals surface area contributed by atoms with Crippen molar-refractivity contribution in [3.8, 4) is 17.0 Å². The summed E-state index contributed by atoms with van der Waals surface area (Å²) >= 11 is 0. The van der Waals surface area contributed by atoms with Crippen LogP contribution < -0.4 is 4.74 Å². The van der Waals surface area contributed by atoms with Gasteiger partial charge in [-0.1, -0.05) is 36.4 Å². The molecule has 5 nitrogen and oxygen atoms in total. The van der Waals surface area contributed by atoms with E-state index in [0.717, 1.165) is 33.9 Å². The molecule has 0 saturated carbocycles. The molecule has 0 unspecified atom stereocenters. The molecule has 0 radical (unpaired) electrons. The van der Waals surface area contributed by atoms with Crippen LogP contribution in [0.1, 0.15) is 5.56 Å². The van der Waals surface area contributed by atoms with E-state index >= 15 is 0 Å². The SMILES string of the molecule is COc1ccc(N=Nc2c(-c3ccccc3)nc3c(C)cccn23)cc1. The summed E-state index contributed by atoms with van der Waals surface area (Å²) < 4.78 is 7.16. The summed E-state index contributed by atoms with van der Waals surface area (Å²) in [5.74, 6) is 1.50. The van der Waals surface area contributed by atoms with Crippen molar-refractivity contribution in [2.75, 3.05) is 7.11 Å². The van der Waals surface area contributed by atoms with Crippen LogP contribution in [0, 0.1) is 6.92 Å². The Kier molecular flexibility index (Phi) is 4.19. The number of ether oxygens (including phenoxy) is 1. The zero-order valence-corrected chi connectivity index (χ0v) is 14.6. The highest BCUT2D eigenvalue weighted by molar-refractivity contribution is 5.75. The van der Waals surface area contributed by atoms with Crippen LogP contribution in [-0.4, -0.2) is 16.5 Å². The van der Waals surface area contributed by atoms with Crippen molar-refractivity contribution in [3.05, 3.63) is 78.5 Å². The Labute approximate surface area is 151 Å². The molecular formula is C21H18N4O. The van der Waals surface area contributed by atoms with Gasteiger partial charge in [-0.15, -0.1) is 10.2 Å². The van der Waals surface area contributed by atoms with Crippen molar-refractivity contribution >= 4 is 17.2 Å². The molecule has 4 rings (SSSR count). The summed E-state index contributed by atoms with van der Waals surface area (Å²) in [6.45, 7) is 2.04. The Bertz CT molecular complexity index is 1070. The molecule has 0 aliphatic rings. The minimum absolute atomic E-state index is 0.714. The van der Waals surface area contributed by atoms with Gasteiger partial charge in [-0.3, -0.25) is 4.40 Å². The quantitative estimate of drug-likeness (QED) is 0.444. The monoisotopic (exact) mass is 342 g/mol. The summed E-state index contributed by atoms with van der Waals surface area (Å²) in [5, 5.41) is 8.92. The van der Waals surface area contributed by atoms with Crippen LogP contribution >= 0.6 is 0 Å². The number of azo groups is 1. The Morgan fingerprint density at radius 1 is 0.885 bits per heavy atom. The number of nitrogens with zero attached hydrogens (tertiary/aromatic N) is 4. The van der Waals surface area contributed by atoms with Gasteiger partial charge in [0.25, 0.3) is 0 Å². The third-order valence-corrected chi connectivity index (χ3v) is 4.20. The Morgan fingerprint density at radius 3 is 2.38 bits per heavy atom. The molecule has 2 heterocycles. The molecule has 128 valence electrons. The first-order valence-electron chi connectivity index (χ1n) is 8.35. The second-order valence-corrected chi connectivity index (χ2v) is 5.93. The normalized spacial score (nSPS) is 11.3.